The average Bonchev–Trinajstić information content (AvgIpc) is 2.65. The van der Waals surface area contributed by atoms with Crippen LogP contribution in [-0.2, 0) is 11.2 Å². The van der Waals surface area contributed by atoms with Gasteiger partial charge in [0.05, 0.1) is 10.4 Å². The highest BCUT2D eigenvalue weighted by atomic mass is 16.6. The van der Waals surface area contributed by atoms with E-state index in [1.54, 1.807) is 12.1 Å². The lowest BCUT2D eigenvalue weighted by molar-refractivity contribution is -0.384. The Kier molecular flexibility index (Phi) is 4.79. The molecule has 0 spiro atoms. The predicted molar refractivity (Wildman–Crippen MR) is 95.0 cm³/mol. The SMILES string of the molecule is O=C(O)/C(Cc1ccc([N+](=O)[O-])cc1)=N\Nc1ncnc2ccccc12. The maximum Gasteiger partial charge on any atom is 0.352 e. The molecular weight excluding hydrogens is 338 g/mol. The summed E-state index contributed by atoms with van der Waals surface area (Å²) in [4.78, 5) is 29.8. The zero-order valence-electron chi connectivity index (χ0n) is 13.4. The molecule has 1 heterocycles. The monoisotopic (exact) mass is 351 g/mol. The van der Waals surface area contributed by atoms with Crippen molar-refractivity contribution in [3.05, 3.63) is 70.5 Å². The molecule has 0 aliphatic heterocycles. The fourth-order valence-corrected chi connectivity index (χ4v) is 2.31. The fraction of sp³-hybridized carbons (Fsp3) is 0.0588. The molecule has 3 rings (SSSR count). The molecule has 0 amide bonds. The van der Waals surface area contributed by atoms with Crippen molar-refractivity contribution in [2.24, 2.45) is 5.10 Å². The van der Waals surface area contributed by atoms with Crippen molar-refractivity contribution >= 4 is 34.1 Å². The van der Waals surface area contributed by atoms with Crippen molar-refractivity contribution in [2.75, 3.05) is 5.43 Å². The van der Waals surface area contributed by atoms with Gasteiger partial charge in [-0.2, -0.15) is 5.10 Å². The number of nitro benzene ring substituents is 1. The van der Waals surface area contributed by atoms with Crippen LogP contribution in [0.3, 0.4) is 0 Å². The van der Waals surface area contributed by atoms with Crippen molar-refractivity contribution in [1.29, 1.82) is 0 Å². The number of anilines is 1. The summed E-state index contributed by atoms with van der Waals surface area (Å²) < 4.78 is 0. The van der Waals surface area contributed by atoms with E-state index in [-0.39, 0.29) is 17.8 Å². The van der Waals surface area contributed by atoms with Gasteiger partial charge in [0.25, 0.3) is 5.69 Å². The Bertz CT molecular complexity index is 996. The number of aliphatic carboxylic acids is 1. The molecule has 0 aliphatic rings. The summed E-state index contributed by atoms with van der Waals surface area (Å²) in [7, 11) is 0. The standard InChI is InChI=1S/C17H13N5O4/c23-17(24)15(9-11-5-7-12(8-6-11)22(25)26)20-21-16-13-3-1-2-4-14(13)18-10-19-16/h1-8,10H,9H2,(H,23,24)(H,18,19,21)/b20-15-. The van der Waals surface area contributed by atoms with Crippen molar-refractivity contribution < 1.29 is 14.8 Å². The highest BCUT2D eigenvalue weighted by Crippen LogP contribution is 2.18. The first-order valence-corrected chi connectivity index (χ1v) is 7.53. The van der Waals surface area contributed by atoms with Crippen LogP contribution >= 0.6 is 0 Å². The summed E-state index contributed by atoms with van der Waals surface area (Å²) in [6.07, 6.45) is 1.36. The zero-order valence-corrected chi connectivity index (χ0v) is 13.4. The Balaban J connectivity index is 1.83. The highest BCUT2D eigenvalue weighted by Gasteiger charge is 2.13. The average molecular weight is 351 g/mol. The fourth-order valence-electron chi connectivity index (χ4n) is 2.31. The maximum atomic E-state index is 11.5. The summed E-state index contributed by atoms with van der Waals surface area (Å²) in [6, 6.07) is 12.9. The first-order chi connectivity index (χ1) is 12.5. The molecule has 0 radical (unpaired) electrons. The van der Waals surface area contributed by atoms with Gasteiger partial charge < -0.3 is 5.11 Å². The van der Waals surface area contributed by atoms with Gasteiger partial charge in [-0.05, 0) is 17.7 Å². The third-order valence-corrected chi connectivity index (χ3v) is 3.61. The second kappa shape index (κ2) is 7.34. The van der Waals surface area contributed by atoms with Crippen LogP contribution < -0.4 is 5.43 Å². The Morgan fingerprint density at radius 3 is 2.58 bits per heavy atom. The Morgan fingerprint density at radius 1 is 1.15 bits per heavy atom. The van der Waals surface area contributed by atoms with Gasteiger partial charge in [0.15, 0.2) is 5.82 Å². The lowest BCUT2D eigenvalue weighted by Crippen LogP contribution is -2.18. The van der Waals surface area contributed by atoms with Gasteiger partial charge >= 0.3 is 5.97 Å². The third-order valence-electron chi connectivity index (χ3n) is 3.61. The van der Waals surface area contributed by atoms with Crippen molar-refractivity contribution in [3.8, 4) is 0 Å². The van der Waals surface area contributed by atoms with Crippen LogP contribution in [0.15, 0.2) is 60.0 Å². The van der Waals surface area contributed by atoms with Gasteiger partial charge in [0.1, 0.15) is 12.0 Å². The topological polar surface area (TPSA) is 131 Å². The summed E-state index contributed by atoms with van der Waals surface area (Å²) in [5.74, 6) is -0.813. The molecule has 0 atom stereocenters. The molecule has 0 saturated heterocycles. The molecule has 130 valence electrons. The zero-order chi connectivity index (χ0) is 18.5. The molecule has 0 saturated carbocycles. The van der Waals surface area contributed by atoms with E-state index in [1.807, 2.05) is 12.1 Å². The Morgan fingerprint density at radius 2 is 1.88 bits per heavy atom. The second-order valence-corrected chi connectivity index (χ2v) is 5.32. The quantitative estimate of drug-likeness (QED) is 0.396. The largest absolute Gasteiger partial charge is 0.477 e. The molecule has 3 aromatic rings. The summed E-state index contributed by atoms with van der Waals surface area (Å²) in [5, 5.41) is 24.7. The van der Waals surface area contributed by atoms with E-state index in [4.69, 9.17) is 0 Å². The van der Waals surface area contributed by atoms with Gasteiger partial charge in [-0.3, -0.25) is 15.5 Å². The highest BCUT2D eigenvalue weighted by molar-refractivity contribution is 6.36. The minimum absolute atomic E-state index is 0.00332. The van der Waals surface area contributed by atoms with E-state index < -0.39 is 10.9 Å². The van der Waals surface area contributed by atoms with Crippen LogP contribution in [0, 0.1) is 10.1 Å². The van der Waals surface area contributed by atoms with Gasteiger partial charge in [0, 0.05) is 23.9 Å². The number of carboxylic acids is 1. The number of para-hydroxylation sites is 1. The number of nitrogens with zero attached hydrogens (tertiary/aromatic N) is 4. The van der Waals surface area contributed by atoms with Gasteiger partial charge in [-0.1, -0.05) is 24.3 Å². The Labute approximate surface area is 147 Å². The summed E-state index contributed by atoms with van der Waals surface area (Å²) in [5.41, 5.74) is 3.74. The van der Waals surface area contributed by atoms with E-state index in [0.29, 0.717) is 22.3 Å². The third kappa shape index (κ3) is 3.78. The van der Waals surface area contributed by atoms with Crippen LogP contribution in [0.4, 0.5) is 11.5 Å². The lowest BCUT2D eigenvalue weighted by atomic mass is 10.1. The summed E-state index contributed by atoms with van der Waals surface area (Å²) in [6.45, 7) is 0. The number of hydrogen-bond donors (Lipinski definition) is 2. The molecule has 2 aromatic carbocycles. The molecule has 0 fully saturated rings. The number of nitro groups is 1. The van der Waals surface area contributed by atoms with Crippen LogP contribution in [0.5, 0.6) is 0 Å². The molecule has 0 unspecified atom stereocenters. The van der Waals surface area contributed by atoms with Crippen LogP contribution in [0.1, 0.15) is 5.56 Å². The van der Waals surface area contributed by atoms with E-state index in [2.05, 4.69) is 20.5 Å². The maximum absolute atomic E-state index is 11.5. The molecule has 0 aliphatic carbocycles. The minimum atomic E-state index is -1.20. The number of hydrogen-bond acceptors (Lipinski definition) is 7. The molecular formula is C17H13N5O4. The summed E-state index contributed by atoms with van der Waals surface area (Å²) >= 11 is 0. The Hall–Kier alpha value is -3.88. The van der Waals surface area contributed by atoms with Crippen molar-refractivity contribution in [2.45, 2.75) is 6.42 Å². The van der Waals surface area contributed by atoms with Crippen molar-refractivity contribution in [1.82, 2.24) is 9.97 Å². The molecule has 1 aromatic heterocycles. The number of nitrogens with one attached hydrogen (secondary N) is 1. The minimum Gasteiger partial charge on any atom is -0.477 e. The molecule has 0 bridgehead atoms. The second-order valence-electron chi connectivity index (χ2n) is 5.32. The number of non-ortho nitro benzene ring substituents is 1. The number of carboxylic acid groups (broad SMARTS) is 1. The van der Waals surface area contributed by atoms with Gasteiger partial charge in [0.2, 0.25) is 0 Å². The van der Waals surface area contributed by atoms with Gasteiger partial charge in [-0.25, -0.2) is 14.8 Å². The van der Waals surface area contributed by atoms with Crippen LogP contribution in [0.25, 0.3) is 10.9 Å². The normalized spacial score (nSPS) is 11.3. The number of aromatic nitrogens is 2. The van der Waals surface area contributed by atoms with Crippen molar-refractivity contribution in [3.63, 3.8) is 0 Å². The number of fused-ring (bicyclic) bond motifs is 1. The van der Waals surface area contributed by atoms with Crippen LogP contribution in [-0.4, -0.2) is 31.7 Å². The molecule has 9 nitrogen and oxygen atoms in total. The van der Waals surface area contributed by atoms with E-state index in [9.17, 15) is 20.0 Å². The first-order valence-electron chi connectivity index (χ1n) is 7.53. The van der Waals surface area contributed by atoms with Gasteiger partial charge in [-0.15, -0.1) is 0 Å². The number of rotatable bonds is 6. The predicted octanol–water partition coefficient (Wildman–Crippen LogP) is 2.63. The van der Waals surface area contributed by atoms with Crippen LogP contribution in [0.2, 0.25) is 0 Å². The molecule has 26 heavy (non-hydrogen) atoms. The van der Waals surface area contributed by atoms with E-state index in [1.165, 1.54) is 30.6 Å². The number of benzene rings is 2. The number of carbonyl (C=O) groups is 1. The molecule has 9 heteroatoms. The molecule has 2 N–H and O–H groups in total. The lowest BCUT2D eigenvalue weighted by Gasteiger charge is -2.06. The van der Waals surface area contributed by atoms with E-state index >= 15 is 0 Å². The smallest absolute Gasteiger partial charge is 0.352 e. The van der Waals surface area contributed by atoms with E-state index in [0.717, 1.165) is 0 Å². The first kappa shape index (κ1) is 17.0. The number of hydrazone groups is 1.